The van der Waals surface area contributed by atoms with Crippen molar-refractivity contribution in [2.45, 2.75) is 65.5 Å². The predicted molar refractivity (Wildman–Crippen MR) is 138 cm³/mol. The number of pyridine rings is 1. The number of aliphatic imine (C=N–C) groups is 1. The summed E-state index contributed by atoms with van der Waals surface area (Å²) in [6, 6.07) is 4.25. The third kappa shape index (κ3) is 7.68. The quantitative estimate of drug-likeness (QED) is 0.296. The molecule has 8 heteroatoms. The second-order valence-electron chi connectivity index (χ2n) is 7.79. The number of halogens is 1. The molecular weight excluding hydrogens is 507 g/mol. The molecule has 166 valence electrons. The van der Waals surface area contributed by atoms with Crippen LogP contribution in [0.25, 0.3) is 0 Å². The van der Waals surface area contributed by atoms with Gasteiger partial charge in [0, 0.05) is 31.2 Å². The minimum Gasteiger partial charge on any atom is -0.357 e. The van der Waals surface area contributed by atoms with Crippen molar-refractivity contribution >= 4 is 47.1 Å². The summed E-state index contributed by atoms with van der Waals surface area (Å²) in [6.07, 6.45) is 7.09. The topological polar surface area (TPSA) is 65.4 Å². The van der Waals surface area contributed by atoms with Crippen molar-refractivity contribution < 1.29 is 0 Å². The lowest BCUT2D eigenvalue weighted by atomic mass is 10.2. The van der Waals surface area contributed by atoms with Crippen LogP contribution in [0.15, 0.2) is 28.7 Å². The summed E-state index contributed by atoms with van der Waals surface area (Å²) < 4.78 is 0. The Morgan fingerprint density at radius 2 is 1.97 bits per heavy atom. The van der Waals surface area contributed by atoms with Crippen molar-refractivity contribution in [1.29, 1.82) is 0 Å². The molecule has 0 spiro atoms. The van der Waals surface area contributed by atoms with Crippen molar-refractivity contribution in [2.24, 2.45) is 4.99 Å². The lowest BCUT2D eigenvalue weighted by molar-refractivity contribution is 0.726. The maximum absolute atomic E-state index is 4.77. The number of hydrogen-bond acceptors (Lipinski definition) is 5. The van der Waals surface area contributed by atoms with Gasteiger partial charge in [-0.15, -0.1) is 35.3 Å². The highest BCUT2D eigenvalue weighted by Gasteiger charge is 2.11. The van der Waals surface area contributed by atoms with Gasteiger partial charge in [0.2, 0.25) is 0 Å². The first kappa shape index (κ1) is 24.8. The van der Waals surface area contributed by atoms with Gasteiger partial charge in [0.1, 0.15) is 10.8 Å². The van der Waals surface area contributed by atoms with Gasteiger partial charge in [-0.25, -0.2) is 15.0 Å². The average molecular weight is 543 g/mol. The Labute approximate surface area is 202 Å². The number of anilines is 1. The fraction of sp³-hybridized carbons (Fsp3) is 0.591. The lowest BCUT2D eigenvalue weighted by Gasteiger charge is -2.21. The van der Waals surface area contributed by atoms with Gasteiger partial charge in [-0.3, -0.25) is 0 Å². The summed E-state index contributed by atoms with van der Waals surface area (Å²) in [5.41, 5.74) is 2.35. The summed E-state index contributed by atoms with van der Waals surface area (Å²) in [6.45, 7) is 10.8. The van der Waals surface area contributed by atoms with Crippen molar-refractivity contribution in [3.8, 4) is 0 Å². The average Bonchev–Trinajstić information content (AvgIpc) is 3.04. The van der Waals surface area contributed by atoms with E-state index in [1.54, 1.807) is 11.3 Å². The zero-order valence-electron chi connectivity index (χ0n) is 18.4. The van der Waals surface area contributed by atoms with E-state index in [1.165, 1.54) is 31.2 Å². The summed E-state index contributed by atoms with van der Waals surface area (Å²) in [5.74, 6) is 2.37. The molecule has 0 radical (unpaired) electrons. The highest BCUT2D eigenvalue weighted by Crippen LogP contribution is 2.19. The fourth-order valence-electron chi connectivity index (χ4n) is 3.37. The van der Waals surface area contributed by atoms with Gasteiger partial charge in [-0.2, -0.15) is 0 Å². The number of hydrogen-bond donors (Lipinski definition) is 2. The van der Waals surface area contributed by atoms with Crippen molar-refractivity contribution in [1.82, 2.24) is 20.6 Å². The van der Waals surface area contributed by atoms with Crippen LogP contribution >= 0.6 is 35.3 Å². The van der Waals surface area contributed by atoms with Gasteiger partial charge in [-0.1, -0.05) is 26.7 Å². The Bertz CT molecular complexity index is 783. The van der Waals surface area contributed by atoms with E-state index in [0.717, 1.165) is 42.1 Å². The molecule has 3 heterocycles. The standard InChI is InChI=1S/C22H34N6S.HI/c1-4-23-22(26-15-21-27-19(16-29-21)17(2)3)25-14-18-9-10-24-20(13-18)28-11-7-5-6-8-12-28;/h9-10,13,16-17H,4-8,11-12,14-15H2,1-3H3,(H2,23,25,26);1H. The number of nitrogens with zero attached hydrogens (tertiary/aromatic N) is 4. The Hall–Kier alpha value is -1.42. The second kappa shape index (κ2) is 13.1. The van der Waals surface area contributed by atoms with Crippen LogP contribution in [0.5, 0.6) is 0 Å². The second-order valence-corrected chi connectivity index (χ2v) is 8.74. The molecule has 0 aliphatic carbocycles. The monoisotopic (exact) mass is 542 g/mol. The molecule has 2 aromatic rings. The highest BCUT2D eigenvalue weighted by atomic mass is 127. The minimum atomic E-state index is 0. The Balaban J connectivity index is 0.00000320. The summed E-state index contributed by atoms with van der Waals surface area (Å²) >= 11 is 1.70. The highest BCUT2D eigenvalue weighted by molar-refractivity contribution is 14.0. The molecule has 1 saturated heterocycles. The van der Waals surface area contributed by atoms with E-state index in [9.17, 15) is 0 Å². The zero-order valence-corrected chi connectivity index (χ0v) is 21.5. The lowest BCUT2D eigenvalue weighted by Crippen LogP contribution is -2.36. The van der Waals surface area contributed by atoms with Crippen molar-refractivity contribution in [3.05, 3.63) is 40.0 Å². The van der Waals surface area contributed by atoms with Crippen LogP contribution in [0.3, 0.4) is 0 Å². The first-order chi connectivity index (χ1) is 14.2. The van der Waals surface area contributed by atoms with Gasteiger partial charge in [0.05, 0.1) is 18.8 Å². The zero-order chi connectivity index (χ0) is 20.5. The van der Waals surface area contributed by atoms with Crippen LogP contribution in [0.1, 0.15) is 68.6 Å². The van der Waals surface area contributed by atoms with Crippen molar-refractivity contribution in [3.63, 3.8) is 0 Å². The molecule has 0 amide bonds. The number of rotatable bonds is 7. The SMILES string of the molecule is CCNC(=NCc1ccnc(N2CCCCCC2)c1)NCc1nc(C(C)C)cs1.I. The molecule has 0 bridgehead atoms. The van der Waals surface area contributed by atoms with E-state index < -0.39 is 0 Å². The number of nitrogens with one attached hydrogen (secondary N) is 2. The van der Waals surface area contributed by atoms with E-state index >= 15 is 0 Å². The van der Waals surface area contributed by atoms with E-state index in [0.29, 0.717) is 19.0 Å². The number of thiazole rings is 1. The van der Waals surface area contributed by atoms with Gasteiger partial charge in [-0.05, 0) is 43.4 Å². The van der Waals surface area contributed by atoms with E-state index in [2.05, 4.69) is 58.8 Å². The van der Waals surface area contributed by atoms with E-state index in [1.807, 2.05) is 6.20 Å². The molecule has 1 aliphatic heterocycles. The summed E-state index contributed by atoms with van der Waals surface area (Å²) in [4.78, 5) is 16.5. The molecule has 1 fully saturated rings. The smallest absolute Gasteiger partial charge is 0.191 e. The van der Waals surface area contributed by atoms with Gasteiger partial charge in [0.25, 0.3) is 0 Å². The molecule has 0 saturated carbocycles. The first-order valence-electron chi connectivity index (χ1n) is 10.8. The fourth-order valence-corrected chi connectivity index (χ4v) is 4.27. The maximum Gasteiger partial charge on any atom is 0.191 e. The summed E-state index contributed by atoms with van der Waals surface area (Å²) in [7, 11) is 0. The first-order valence-corrected chi connectivity index (χ1v) is 11.7. The molecule has 2 N–H and O–H groups in total. The molecule has 0 unspecified atom stereocenters. The van der Waals surface area contributed by atoms with E-state index in [-0.39, 0.29) is 24.0 Å². The van der Waals surface area contributed by atoms with E-state index in [4.69, 9.17) is 9.98 Å². The molecular formula is C22H35IN6S. The van der Waals surface area contributed by atoms with Crippen molar-refractivity contribution in [2.75, 3.05) is 24.5 Å². The van der Waals surface area contributed by atoms with Crippen LogP contribution in [-0.4, -0.2) is 35.6 Å². The van der Waals surface area contributed by atoms with Crippen LogP contribution < -0.4 is 15.5 Å². The van der Waals surface area contributed by atoms with Gasteiger partial charge >= 0.3 is 0 Å². The molecule has 30 heavy (non-hydrogen) atoms. The summed E-state index contributed by atoms with van der Waals surface area (Å²) in [5, 5.41) is 9.97. The Morgan fingerprint density at radius 3 is 2.63 bits per heavy atom. The van der Waals surface area contributed by atoms with Gasteiger partial charge in [0.15, 0.2) is 5.96 Å². The molecule has 0 atom stereocenters. The van der Waals surface area contributed by atoms with Crippen LogP contribution in [0, 0.1) is 0 Å². The largest absolute Gasteiger partial charge is 0.357 e. The van der Waals surface area contributed by atoms with Crippen LogP contribution in [0.2, 0.25) is 0 Å². The Morgan fingerprint density at radius 1 is 1.20 bits per heavy atom. The van der Waals surface area contributed by atoms with Crippen LogP contribution in [-0.2, 0) is 13.1 Å². The predicted octanol–water partition coefficient (Wildman–Crippen LogP) is 4.92. The molecule has 2 aromatic heterocycles. The molecule has 1 aliphatic rings. The normalized spacial score (nSPS) is 14.9. The minimum absolute atomic E-state index is 0. The maximum atomic E-state index is 4.77. The molecule has 3 rings (SSSR count). The third-order valence-electron chi connectivity index (χ3n) is 5.07. The number of guanidine groups is 1. The number of aromatic nitrogens is 2. The van der Waals surface area contributed by atoms with Crippen LogP contribution in [0.4, 0.5) is 5.82 Å². The Kier molecular flexibility index (Phi) is 10.8. The van der Waals surface area contributed by atoms with Gasteiger partial charge < -0.3 is 15.5 Å². The molecule has 0 aromatic carbocycles. The molecule has 6 nitrogen and oxygen atoms in total. The third-order valence-corrected chi connectivity index (χ3v) is 5.94.